The van der Waals surface area contributed by atoms with Gasteiger partial charge < -0.3 is 28.5 Å². The summed E-state index contributed by atoms with van der Waals surface area (Å²) in [5.41, 5.74) is 0. The summed E-state index contributed by atoms with van der Waals surface area (Å²) in [5.74, 6) is -1.98. The summed E-state index contributed by atoms with van der Waals surface area (Å²) in [7, 11) is 5.99. The molecule has 0 aromatic heterocycles. The summed E-state index contributed by atoms with van der Waals surface area (Å²) in [6.07, 6.45) is 82.9. The second-order valence-electron chi connectivity index (χ2n) is 26.6. The number of nitrogens with zero attached hydrogens (tertiary/aromatic N) is 1. The van der Waals surface area contributed by atoms with Crippen molar-refractivity contribution in [2.75, 3.05) is 47.5 Å². The third-order valence-corrected chi connectivity index (χ3v) is 16.9. The lowest BCUT2D eigenvalue weighted by Crippen LogP contribution is -2.40. The molecule has 85 heavy (non-hydrogen) atoms. The van der Waals surface area contributed by atoms with E-state index in [9.17, 15) is 19.5 Å². The van der Waals surface area contributed by atoms with Crippen LogP contribution in [0.25, 0.3) is 0 Å². The molecule has 0 heterocycles. The average Bonchev–Trinajstić information content (AvgIpc) is 3.49. The second-order valence-corrected chi connectivity index (χ2v) is 26.6. The van der Waals surface area contributed by atoms with Gasteiger partial charge in [0, 0.05) is 12.8 Å². The Morgan fingerprint density at radius 3 is 0.941 bits per heavy atom. The molecule has 0 spiro atoms. The Kier molecular flexibility index (Phi) is 65.5. The number of rotatable bonds is 70. The van der Waals surface area contributed by atoms with Gasteiger partial charge in [-0.1, -0.05) is 326 Å². The monoisotopic (exact) mass is 1200 g/mol. The summed E-state index contributed by atoms with van der Waals surface area (Å²) in [6.45, 7) is 4.92. The van der Waals surface area contributed by atoms with E-state index in [1.54, 1.807) is 0 Å². The quantitative estimate of drug-likeness (QED) is 0.0211. The van der Waals surface area contributed by atoms with Gasteiger partial charge in [-0.25, -0.2) is 4.79 Å². The molecule has 0 amide bonds. The first-order valence-electron chi connectivity index (χ1n) is 37.2. The highest BCUT2D eigenvalue weighted by Gasteiger charge is 2.25. The van der Waals surface area contributed by atoms with Crippen molar-refractivity contribution in [2.45, 2.75) is 386 Å². The molecule has 1 N–H and O–H groups in total. The Balaban J connectivity index is 3.92. The predicted octanol–water partition coefficient (Wildman–Crippen LogP) is 23.1. The summed E-state index contributed by atoms with van der Waals surface area (Å²) in [4.78, 5) is 37.6. The lowest BCUT2D eigenvalue weighted by Gasteiger charge is -2.25. The molecule has 0 aliphatic carbocycles. The average molecular weight is 1200 g/mol. The van der Waals surface area contributed by atoms with Crippen molar-refractivity contribution in [3.8, 4) is 0 Å². The van der Waals surface area contributed by atoms with Crippen LogP contribution in [0, 0.1) is 0 Å². The number of aliphatic carboxylic acids is 1. The molecule has 2 atom stereocenters. The van der Waals surface area contributed by atoms with Crippen molar-refractivity contribution >= 4 is 17.9 Å². The fourth-order valence-corrected chi connectivity index (χ4v) is 11.2. The van der Waals surface area contributed by atoms with Gasteiger partial charge in [-0.2, -0.15) is 0 Å². The van der Waals surface area contributed by atoms with E-state index in [0.29, 0.717) is 17.4 Å². The van der Waals surface area contributed by atoms with Gasteiger partial charge in [0.15, 0.2) is 6.10 Å². The molecule has 0 fully saturated rings. The zero-order chi connectivity index (χ0) is 61.9. The highest BCUT2D eigenvalue weighted by atomic mass is 16.7. The van der Waals surface area contributed by atoms with E-state index in [-0.39, 0.29) is 38.2 Å². The number of esters is 2. The van der Waals surface area contributed by atoms with Crippen molar-refractivity contribution in [3.63, 3.8) is 0 Å². The van der Waals surface area contributed by atoms with Gasteiger partial charge in [-0.15, -0.1) is 0 Å². The number of hydrogen-bond donors (Lipinski definition) is 1. The molecule has 9 heteroatoms. The van der Waals surface area contributed by atoms with E-state index in [0.717, 1.165) is 44.9 Å². The topological polar surface area (TPSA) is 108 Å². The van der Waals surface area contributed by atoms with Gasteiger partial charge in [0.05, 0.1) is 34.4 Å². The number of likely N-dealkylation sites (N-methyl/N-ethyl adjacent to an activating group) is 1. The highest BCUT2D eigenvalue weighted by Crippen LogP contribution is 2.19. The third-order valence-electron chi connectivity index (χ3n) is 16.9. The Morgan fingerprint density at radius 2 is 0.635 bits per heavy atom. The number of carboxylic acids is 1. The van der Waals surface area contributed by atoms with Gasteiger partial charge in [-0.05, 0) is 70.6 Å². The van der Waals surface area contributed by atoms with Crippen molar-refractivity contribution < 1.29 is 42.9 Å². The van der Waals surface area contributed by atoms with Gasteiger partial charge >= 0.3 is 17.9 Å². The largest absolute Gasteiger partial charge is 0.477 e. The maximum Gasteiger partial charge on any atom is 0.361 e. The Bertz CT molecular complexity index is 1490. The fourth-order valence-electron chi connectivity index (χ4n) is 11.2. The zero-order valence-electron chi connectivity index (χ0n) is 57.3. The van der Waals surface area contributed by atoms with Crippen LogP contribution < -0.4 is 0 Å². The molecule has 0 aromatic carbocycles. The van der Waals surface area contributed by atoms with Crippen LogP contribution in [0.1, 0.15) is 373 Å². The number of ether oxygens (including phenoxy) is 4. The Morgan fingerprint density at radius 1 is 0.353 bits per heavy atom. The number of quaternary nitrogens is 1. The lowest BCUT2D eigenvalue weighted by atomic mass is 10.0. The Hall–Kier alpha value is -2.49. The Labute approximate surface area is 528 Å². The van der Waals surface area contributed by atoms with E-state index in [1.807, 2.05) is 21.1 Å². The molecule has 2 unspecified atom stereocenters. The zero-order valence-corrected chi connectivity index (χ0v) is 57.3. The molecular weight excluding hydrogens is 1050 g/mol. The minimum atomic E-state index is -1.51. The SMILES string of the molecule is CCCCCCC/C=C\C/C=C\CCCCCCCCCCCCCCCCCCCCCCCCCCCCCCCC(=O)OC(COC(=O)CCCCCCCCCCC/C=C\CCCCCCCC)COC(OCC[N+](C)(C)C)C(=O)O. The first-order chi connectivity index (χ1) is 41.6. The van der Waals surface area contributed by atoms with Crippen molar-refractivity contribution in [1.29, 1.82) is 0 Å². The van der Waals surface area contributed by atoms with Crippen LogP contribution in [-0.2, 0) is 33.3 Å². The summed E-state index contributed by atoms with van der Waals surface area (Å²) in [6, 6.07) is 0. The molecule has 0 radical (unpaired) electrons. The van der Waals surface area contributed by atoms with Crippen LogP contribution in [-0.4, -0.2) is 87.4 Å². The first kappa shape index (κ1) is 82.5. The minimum absolute atomic E-state index is 0.178. The summed E-state index contributed by atoms with van der Waals surface area (Å²) in [5, 5.41) is 9.74. The minimum Gasteiger partial charge on any atom is -0.477 e. The van der Waals surface area contributed by atoms with Crippen molar-refractivity contribution in [2.24, 2.45) is 0 Å². The number of allylic oxidation sites excluding steroid dienone is 6. The lowest BCUT2D eigenvalue weighted by molar-refractivity contribution is -0.870. The first-order valence-corrected chi connectivity index (χ1v) is 37.2. The van der Waals surface area contributed by atoms with Crippen LogP contribution in [0.2, 0.25) is 0 Å². The number of carbonyl (C=O) groups excluding carboxylic acids is 2. The van der Waals surface area contributed by atoms with Crippen LogP contribution >= 0.6 is 0 Å². The second kappa shape index (κ2) is 67.4. The van der Waals surface area contributed by atoms with E-state index in [2.05, 4.69) is 50.3 Å². The summed E-state index contributed by atoms with van der Waals surface area (Å²) >= 11 is 0. The number of carboxylic acid groups (broad SMARTS) is 1. The fraction of sp³-hybridized carbons (Fsp3) is 0.882. The maximum atomic E-state index is 12.9. The molecule has 0 rings (SSSR count). The molecule has 0 aromatic rings. The molecular formula is C76H144NO8+. The standard InChI is InChI=1S/C76H143NO8/c1-6-8-10-12-14-16-18-20-22-24-26-27-28-29-30-31-32-33-34-35-36-37-38-39-40-41-42-43-44-45-46-47-49-51-53-55-57-59-61-63-65-67-74(79)85-72(71-84-76(75(80)81)82-69-68-77(3,4)5)70-83-73(78)66-64-62-60-58-56-54-52-50-48-25-23-21-19-17-15-13-11-9-7-2/h18,20-21,23-24,26,72,76H,6-17,19,22,25,27-71H2,1-5H3/p+1/b20-18-,23-21-,26-24-. The van der Waals surface area contributed by atoms with E-state index in [1.165, 1.54) is 302 Å². The smallest absolute Gasteiger partial charge is 0.361 e. The van der Waals surface area contributed by atoms with Gasteiger partial charge in [0.25, 0.3) is 6.29 Å². The molecule has 0 bridgehead atoms. The number of hydrogen-bond acceptors (Lipinski definition) is 7. The third kappa shape index (κ3) is 68.9. The van der Waals surface area contributed by atoms with Crippen LogP contribution in [0.4, 0.5) is 0 Å². The molecule has 9 nitrogen and oxygen atoms in total. The maximum absolute atomic E-state index is 12.9. The van der Waals surface area contributed by atoms with E-state index < -0.39 is 18.4 Å². The predicted molar refractivity (Wildman–Crippen MR) is 364 cm³/mol. The summed E-state index contributed by atoms with van der Waals surface area (Å²) < 4.78 is 23.0. The molecule has 0 aliphatic rings. The van der Waals surface area contributed by atoms with Gasteiger partial charge in [0.2, 0.25) is 0 Å². The van der Waals surface area contributed by atoms with Crippen molar-refractivity contribution in [3.05, 3.63) is 36.5 Å². The molecule has 0 saturated heterocycles. The molecule has 0 aliphatic heterocycles. The number of carbonyl (C=O) groups is 3. The van der Waals surface area contributed by atoms with Crippen LogP contribution in [0.15, 0.2) is 36.5 Å². The molecule has 500 valence electrons. The highest BCUT2D eigenvalue weighted by molar-refractivity contribution is 5.71. The normalized spacial score (nSPS) is 12.8. The van der Waals surface area contributed by atoms with Crippen molar-refractivity contribution in [1.82, 2.24) is 0 Å². The van der Waals surface area contributed by atoms with Crippen LogP contribution in [0.5, 0.6) is 0 Å². The molecule has 0 saturated carbocycles. The van der Waals surface area contributed by atoms with Crippen LogP contribution in [0.3, 0.4) is 0 Å². The number of unbranched alkanes of at least 4 members (excludes halogenated alkanes) is 49. The van der Waals surface area contributed by atoms with E-state index in [4.69, 9.17) is 18.9 Å². The van der Waals surface area contributed by atoms with Gasteiger partial charge in [0.1, 0.15) is 13.2 Å². The van der Waals surface area contributed by atoms with Gasteiger partial charge in [-0.3, -0.25) is 9.59 Å². The van der Waals surface area contributed by atoms with E-state index >= 15 is 0 Å².